The molecular formula is C14H17NO2. The molecule has 0 saturated carbocycles. The van der Waals surface area contributed by atoms with E-state index < -0.39 is 5.97 Å². The van der Waals surface area contributed by atoms with Crippen molar-refractivity contribution in [1.82, 2.24) is 4.90 Å². The van der Waals surface area contributed by atoms with Crippen LogP contribution in [0.1, 0.15) is 41.6 Å². The molecule has 3 heteroatoms. The second-order valence-electron chi connectivity index (χ2n) is 5.11. The highest BCUT2D eigenvalue weighted by Crippen LogP contribution is 2.46. The number of fused-ring (bicyclic) bond motifs is 1. The molecule has 1 aromatic rings. The lowest BCUT2D eigenvalue weighted by Gasteiger charge is -2.32. The Morgan fingerprint density at radius 2 is 1.71 bits per heavy atom. The van der Waals surface area contributed by atoms with E-state index in [1.165, 1.54) is 44.3 Å². The minimum absolute atomic E-state index is 0.219. The van der Waals surface area contributed by atoms with Crippen molar-refractivity contribution < 1.29 is 9.90 Å². The van der Waals surface area contributed by atoms with E-state index in [4.69, 9.17) is 5.11 Å². The average Bonchev–Trinajstić information content (AvgIpc) is 2.88. The highest BCUT2D eigenvalue weighted by atomic mass is 16.4. The molecule has 2 heterocycles. The molecule has 2 fully saturated rings. The van der Waals surface area contributed by atoms with Crippen LogP contribution in [0.25, 0.3) is 0 Å². The standard InChI is InChI=1S/C14H17NO2/c16-13(17)11-3-5-12(6-4-11)14-7-1-9-15(14)10-2-8-14/h3-6H,1-2,7-10H2,(H,16,17). The first-order valence-corrected chi connectivity index (χ1v) is 6.31. The van der Waals surface area contributed by atoms with E-state index in [-0.39, 0.29) is 5.54 Å². The summed E-state index contributed by atoms with van der Waals surface area (Å²) in [4.78, 5) is 13.4. The third-order valence-corrected chi connectivity index (χ3v) is 4.31. The van der Waals surface area contributed by atoms with E-state index in [9.17, 15) is 4.79 Å². The van der Waals surface area contributed by atoms with Gasteiger partial charge in [0.1, 0.15) is 0 Å². The first-order valence-electron chi connectivity index (χ1n) is 6.31. The van der Waals surface area contributed by atoms with Crippen LogP contribution < -0.4 is 0 Å². The van der Waals surface area contributed by atoms with Gasteiger partial charge in [0.2, 0.25) is 0 Å². The summed E-state index contributed by atoms with van der Waals surface area (Å²) < 4.78 is 0. The van der Waals surface area contributed by atoms with E-state index in [0.29, 0.717) is 5.56 Å². The fourth-order valence-corrected chi connectivity index (χ4v) is 3.50. The molecular weight excluding hydrogens is 214 g/mol. The zero-order valence-electron chi connectivity index (χ0n) is 9.85. The van der Waals surface area contributed by atoms with Crippen molar-refractivity contribution in [2.75, 3.05) is 13.1 Å². The molecule has 0 spiro atoms. The lowest BCUT2D eigenvalue weighted by atomic mass is 9.85. The summed E-state index contributed by atoms with van der Waals surface area (Å²) in [6.07, 6.45) is 4.97. The number of carboxylic acids is 1. The number of hydrogen-bond donors (Lipinski definition) is 1. The lowest BCUT2D eigenvalue weighted by molar-refractivity contribution is 0.0696. The van der Waals surface area contributed by atoms with Crippen molar-refractivity contribution in [1.29, 1.82) is 0 Å². The van der Waals surface area contributed by atoms with E-state index >= 15 is 0 Å². The summed E-state index contributed by atoms with van der Waals surface area (Å²) in [5.74, 6) is -0.844. The van der Waals surface area contributed by atoms with E-state index in [1.807, 2.05) is 12.1 Å². The predicted molar refractivity (Wildman–Crippen MR) is 65.1 cm³/mol. The first-order chi connectivity index (χ1) is 8.22. The van der Waals surface area contributed by atoms with Gasteiger partial charge in [-0.3, -0.25) is 4.90 Å². The van der Waals surface area contributed by atoms with Crippen molar-refractivity contribution in [3.05, 3.63) is 35.4 Å². The molecule has 0 radical (unpaired) electrons. The fraction of sp³-hybridized carbons (Fsp3) is 0.500. The summed E-state index contributed by atoms with van der Waals surface area (Å²) in [5, 5.41) is 8.92. The monoisotopic (exact) mass is 231 g/mol. The third kappa shape index (κ3) is 1.57. The van der Waals surface area contributed by atoms with Crippen LogP contribution in [-0.4, -0.2) is 29.1 Å². The second-order valence-corrected chi connectivity index (χ2v) is 5.11. The van der Waals surface area contributed by atoms with Crippen LogP contribution in [0, 0.1) is 0 Å². The van der Waals surface area contributed by atoms with Crippen molar-refractivity contribution in [2.45, 2.75) is 31.2 Å². The molecule has 0 unspecified atom stereocenters. The minimum atomic E-state index is -0.844. The molecule has 17 heavy (non-hydrogen) atoms. The van der Waals surface area contributed by atoms with Crippen LogP contribution >= 0.6 is 0 Å². The Morgan fingerprint density at radius 1 is 1.12 bits per heavy atom. The third-order valence-electron chi connectivity index (χ3n) is 4.31. The Bertz CT molecular complexity index is 428. The lowest BCUT2D eigenvalue weighted by Crippen LogP contribution is -2.35. The molecule has 3 rings (SSSR count). The van der Waals surface area contributed by atoms with Crippen LogP contribution in [0.4, 0.5) is 0 Å². The number of carbonyl (C=O) groups is 1. The van der Waals surface area contributed by atoms with Gasteiger partial charge in [0.25, 0.3) is 0 Å². The quantitative estimate of drug-likeness (QED) is 0.850. The molecule has 1 N–H and O–H groups in total. The van der Waals surface area contributed by atoms with Crippen molar-refractivity contribution in [3.8, 4) is 0 Å². The topological polar surface area (TPSA) is 40.5 Å². The smallest absolute Gasteiger partial charge is 0.335 e. The molecule has 90 valence electrons. The molecule has 3 nitrogen and oxygen atoms in total. The van der Waals surface area contributed by atoms with E-state index in [1.54, 1.807) is 12.1 Å². The van der Waals surface area contributed by atoms with Gasteiger partial charge in [-0.05, 0) is 56.5 Å². The molecule has 2 aliphatic rings. The Kier molecular flexibility index (Phi) is 2.44. The maximum Gasteiger partial charge on any atom is 0.335 e. The zero-order chi connectivity index (χ0) is 11.9. The van der Waals surface area contributed by atoms with Crippen LogP contribution in [0.15, 0.2) is 24.3 Å². The maximum absolute atomic E-state index is 10.8. The van der Waals surface area contributed by atoms with Crippen LogP contribution in [0.5, 0.6) is 0 Å². The summed E-state index contributed by atoms with van der Waals surface area (Å²) in [6.45, 7) is 2.39. The summed E-state index contributed by atoms with van der Waals surface area (Å²) in [7, 11) is 0. The Morgan fingerprint density at radius 3 is 2.24 bits per heavy atom. The zero-order valence-corrected chi connectivity index (χ0v) is 9.85. The molecule has 0 aromatic heterocycles. The fourth-order valence-electron chi connectivity index (χ4n) is 3.50. The first kappa shape index (κ1) is 10.8. The van der Waals surface area contributed by atoms with Gasteiger partial charge in [-0.15, -0.1) is 0 Å². The normalized spacial score (nSPS) is 22.6. The van der Waals surface area contributed by atoms with Gasteiger partial charge in [-0.1, -0.05) is 12.1 Å². The van der Waals surface area contributed by atoms with Gasteiger partial charge in [0, 0.05) is 5.54 Å². The molecule has 2 saturated heterocycles. The second kappa shape index (κ2) is 3.84. The number of rotatable bonds is 2. The highest BCUT2D eigenvalue weighted by Gasteiger charge is 2.45. The van der Waals surface area contributed by atoms with Gasteiger partial charge < -0.3 is 5.11 Å². The molecule has 0 aliphatic carbocycles. The van der Waals surface area contributed by atoms with Crippen LogP contribution in [-0.2, 0) is 5.54 Å². The number of nitrogens with zero attached hydrogens (tertiary/aromatic N) is 1. The molecule has 0 atom stereocenters. The Hall–Kier alpha value is -1.35. The van der Waals surface area contributed by atoms with Gasteiger partial charge in [-0.25, -0.2) is 4.79 Å². The Labute approximate surface area is 101 Å². The number of aromatic carboxylic acids is 1. The van der Waals surface area contributed by atoms with Crippen molar-refractivity contribution in [2.24, 2.45) is 0 Å². The van der Waals surface area contributed by atoms with E-state index in [2.05, 4.69) is 4.90 Å². The highest BCUT2D eigenvalue weighted by molar-refractivity contribution is 5.87. The van der Waals surface area contributed by atoms with E-state index in [0.717, 1.165) is 0 Å². The largest absolute Gasteiger partial charge is 0.478 e. The van der Waals surface area contributed by atoms with Crippen LogP contribution in [0.2, 0.25) is 0 Å². The molecule has 1 aromatic carbocycles. The maximum atomic E-state index is 10.8. The van der Waals surface area contributed by atoms with Gasteiger partial charge in [-0.2, -0.15) is 0 Å². The predicted octanol–water partition coefficient (Wildman–Crippen LogP) is 2.47. The van der Waals surface area contributed by atoms with Gasteiger partial charge in [0.05, 0.1) is 5.56 Å². The van der Waals surface area contributed by atoms with Gasteiger partial charge in [0.15, 0.2) is 0 Å². The molecule has 0 bridgehead atoms. The van der Waals surface area contributed by atoms with Crippen LogP contribution in [0.3, 0.4) is 0 Å². The summed E-state index contributed by atoms with van der Waals surface area (Å²) >= 11 is 0. The number of hydrogen-bond acceptors (Lipinski definition) is 2. The average molecular weight is 231 g/mol. The van der Waals surface area contributed by atoms with Crippen molar-refractivity contribution >= 4 is 5.97 Å². The molecule has 0 amide bonds. The Balaban J connectivity index is 1.95. The molecule has 2 aliphatic heterocycles. The van der Waals surface area contributed by atoms with Crippen molar-refractivity contribution in [3.63, 3.8) is 0 Å². The summed E-state index contributed by atoms with van der Waals surface area (Å²) in [6, 6.07) is 7.49. The number of benzene rings is 1. The minimum Gasteiger partial charge on any atom is -0.478 e. The van der Waals surface area contributed by atoms with Gasteiger partial charge >= 0.3 is 5.97 Å². The number of carboxylic acid groups (broad SMARTS) is 1. The summed E-state index contributed by atoms with van der Waals surface area (Å²) in [5.41, 5.74) is 1.90. The SMILES string of the molecule is O=C(O)c1ccc(C23CCCN2CCC3)cc1.